The molecule has 1 aliphatic heterocycles. The van der Waals surface area contributed by atoms with Crippen molar-refractivity contribution in [2.24, 2.45) is 0 Å². The lowest BCUT2D eigenvalue weighted by atomic mass is 10.0. The van der Waals surface area contributed by atoms with Crippen molar-refractivity contribution in [1.29, 1.82) is 0 Å². The highest BCUT2D eigenvalue weighted by molar-refractivity contribution is 5.93. The Balaban J connectivity index is 2.41. The zero-order valence-corrected chi connectivity index (χ0v) is 7.20. The Kier molecular flexibility index (Phi) is 2.04. The molecule has 0 unspecified atom stereocenters. The average molecular weight is 194 g/mol. The van der Waals surface area contributed by atoms with E-state index in [1.807, 2.05) is 0 Å². The summed E-state index contributed by atoms with van der Waals surface area (Å²) in [6, 6.07) is 4.39. The van der Waals surface area contributed by atoms with Crippen LogP contribution in [-0.2, 0) is 16.1 Å². The molecule has 0 fully saturated rings. The van der Waals surface area contributed by atoms with E-state index in [-0.39, 0.29) is 18.5 Å². The van der Waals surface area contributed by atoms with Gasteiger partial charge in [0, 0.05) is 5.56 Å². The van der Waals surface area contributed by atoms with Crippen LogP contribution in [0.5, 0.6) is 0 Å². The quantitative estimate of drug-likeness (QED) is 0.530. The summed E-state index contributed by atoms with van der Waals surface area (Å²) < 4.78 is 17.7. The number of alkyl halides is 1. The Hall–Kier alpha value is -1.71. The summed E-state index contributed by atoms with van der Waals surface area (Å²) in [7, 11) is 0. The van der Waals surface area contributed by atoms with Crippen molar-refractivity contribution in [1.82, 2.24) is 0 Å². The van der Waals surface area contributed by atoms with Gasteiger partial charge in [0.25, 0.3) is 0 Å². The van der Waals surface area contributed by atoms with Gasteiger partial charge < -0.3 is 4.74 Å². The predicted molar refractivity (Wildman–Crippen MR) is 45.5 cm³/mol. The summed E-state index contributed by atoms with van der Waals surface area (Å²) in [6.07, 6.45) is -1.41. The minimum atomic E-state index is -1.63. The SMILES string of the molecule is O=C[C@H](F)c1ccc2c(c1)COC2=O. The van der Waals surface area contributed by atoms with Crippen molar-refractivity contribution in [2.45, 2.75) is 12.8 Å². The number of benzene rings is 1. The van der Waals surface area contributed by atoms with Crippen LogP contribution in [-0.4, -0.2) is 12.3 Å². The van der Waals surface area contributed by atoms with Crippen LogP contribution in [0, 0.1) is 0 Å². The van der Waals surface area contributed by atoms with E-state index in [0.29, 0.717) is 11.1 Å². The number of carbonyl (C=O) groups excluding carboxylic acids is 2. The van der Waals surface area contributed by atoms with Crippen molar-refractivity contribution in [3.8, 4) is 0 Å². The molecule has 1 heterocycles. The van der Waals surface area contributed by atoms with E-state index in [9.17, 15) is 14.0 Å². The summed E-state index contributed by atoms with van der Waals surface area (Å²) in [5.41, 5.74) is 1.35. The van der Waals surface area contributed by atoms with Gasteiger partial charge in [0.1, 0.15) is 6.61 Å². The second-order valence-electron chi connectivity index (χ2n) is 3.03. The number of hydrogen-bond acceptors (Lipinski definition) is 3. The lowest BCUT2D eigenvalue weighted by Crippen LogP contribution is -1.96. The van der Waals surface area contributed by atoms with Crippen LogP contribution >= 0.6 is 0 Å². The molecule has 1 aromatic rings. The van der Waals surface area contributed by atoms with Crippen LogP contribution in [0.15, 0.2) is 18.2 Å². The normalized spacial score (nSPS) is 15.9. The number of hydrogen-bond donors (Lipinski definition) is 0. The maximum atomic E-state index is 12.9. The van der Waals surface area contributed by atoms with Crippen LogP contribution in [0.2, 0.25) is 0 Å². The second kappa shape index (κ2) is 3.21. The number of rotatable bonds is 2. The molecule has 72 valence electrons. The molecule has 1 atom stereocenters. The Morgan fingerprint density at radius 1 is 1.50 bits per heavy atom. The summed E-state index contributed by atoms with van der Waals surface area (Å²) in [4.78, 5) is 21.2. The molecule has 4 heteroatoms. The molecular formula is C10H7FO3. The molecule has 0 saturated heterocycles. The fraction of sp³-hybridized carbons (Fsp3) is 0.200. The molecule has 0 aliphatic carbocycles. The molecule has 0 saturated carbocycles. The highest BCUT2D eigenvalue weighted by Gasteiger charge is 2.22. The van der Waals surface area contributed by atoms with Crippen molar-refractivity contribution in [3.63, 3.8) is 0 Å². The molecule has 0 amide bonds. The number of fused-ring (bicyclic) bond motifs is 1. The molecule has 0 radical (unpaired) electrons. The molecule has 0 spiro atoms. The van der Waals surface area contributed by atoms with E-state index in [2.05, 4.69) is 0 Å². The van der Waals surface area contributed by atoms with Gasteiger partial charge in [-0.3, -0.25) is 4.79 Å². The van der Waals surface area contributed by atoms with Crippen LogP contribution in [0.3, 0.4) is 0 Å². The molecule has 3 nitrogen and oxygen atoms in total. The van der Waals surface area contributed by atoms with E-state index in [0.717, 1.165) is 0 Å². The van der Waals surface area contributed by atoms with E-state index in [1.54, 1.807) is 0 Å². The van der Waals surface area contributed by atoms with Crippen LogP contribution in [0.1, 0.15) is 27.7 Å². The van der Waals surface area contributed by atoms with Crippen molar-refractivity contribution >= 4 is 12.3 Å². The number of ether oxygens (including phenoxy) is 1. The molecule has 14 heavy (non-hydrogen) atoms. The van der Waals surface area contributed by atoms with Crippen molar-refractivity contribution < 1.29 is 18.7 Å². The molecule has 0 aromatic heterocycles. The van der Waals surface area contributed by atoms with Gasteiger partial charge in [0.15, 0.2) is 12.5 Å². The Morgan fingerprint density at radius 3 is 3.00 bits per heavy atom. The van der Waals surface area contributed by atoms with Gasteiger partial charge in [0.2, 0.25) is 0 Å². The van der Waals surface area contributed by atoms with Crippen LogP contribution in [0.25, 0.3) is 0 Å². The average Bonchev–Trinajstić information content (AvgIpc) is 2.59. The Labute approximate surface area is 79.5 Å². The Morgan fingerprint density at radius 2 is 2.29 bits per heavy atom. The Bertz CT molecular complexity index is 400. The standard InChI is InChI=1S/C10H7FO3/c11-9(4-12)6-1-2-8-7(3-6)5-14-10(8)13/h1-4,9H,5H2/t9-/m0/s1. The topological polar surface area (TPSA) is 43.4 Å². The molecule has 2 rings (SSSR count). The van der Waals surface area contributed by atoms with Crippen LogP contribution < -0.4 is 0 Å². The van der Waals surface area contributed by atoms with E-state index in [4.69, 9.17) is 4.74 Å². The second-order valence-corrected chi connectivity index (χ2v) is 3.03. The first-order valence-corrected chi connectivity index (χ1v) is 4.11. The zero-order chi connectivity index (χ0) is 10.1. The minimum absolute atomic E-state index is 0.160. The molecule has 1 aromatic carbocycles. The van der Waals surface area contributed by atoms with E-state index >= 15 is 0 Å². The van der Waals surface area contributed by atoms with Crippen molar-refractivity contribution in [3.05, 3.63) is 34.9 Å². The van der Waals surface area contributed by atoms with Gasteiger partial charge in [-0.2, -0.15) is 0 Å². The first kappa shape index (κ1) is 8.87. The lowest BCUT2D eigenvalue weighted by Gasteiger charge is -2.01. The summed E-state index contributed by atoms with van der Waals surface area (Å²) in [5, 5.41) is 0. The number of carbonyl (C=O) groups is 2. The number of halogens is 1. The minimum Gasteiger partial charge on any atom is -0.457 e. The van der Waals surface area contributed by atoms with Gasteiger partial charge in [0.05, 0.1) is 5.56 Å². The fourth-order valence-electron chi connectivity index (χ4n) is 1.40. The summed E-state index contributed by atoms with van der Waals surface area (Å²) >= 11 is 0. The zero-order valence-electron chi connectivity index (χ0n) is 7.20. The highest BCUT2D eigenvalue weighted by Crippen LogP contribution is 2.24. The third-order valence-corrected chi connectivity index (χ3v) is 2.15. The van der Waals surface area contributed by atoms with Gasteiger partial charge in [-0.25, -0.2) is 9.18 Å². The summed E-state index contributed by atoms with van der Waals surface area (Å²) in [5.74, 6) is -0.395. The van der Waals surface area contributed by atoms with Crippen LogP contribution in [0.4, 0.5) is 4.39 Å². The third kappa shape index (κ3) is 1.28. The van der Waals surface area contributed by atoms with Gasteiger partial charge in [-0.1, -0.05) is 6.07 Å². The maximum Gasteiger partial charge on any atom is 0.338 e. The van der Waals surface area contributed by atoms with Crippen molar-refractivity contribution in [2.75, 3.05) is 0 Å². The fourth-order valence-corrected chi connectivity index (χ4v) is 1.40. The molecule has 1 aliphatic rings. The first-order chi connectivity index (χ1) is 6.72. The lowest BCUT2D eigenvalue weighted by molar-refractivity contribution is -0.112. The number of esters is 1. The molecular weight excluding hydrogens is 187 g/mol. The monoisotopic (exact) mass is 194 g/mol. The molecule has 0 N–H and O–H groups in total. The van der Waals surface area contributed by atoms with Gasteiger partial charge in [-0.05, 0) is 17.7 Å². The third-order valence-electron chi connectivity index (χ3n) is 2.15. The van der Waals surface area contributed by atoms with E-state index < -0.39 is 12.1 Å². The summed E-state index contributed by atoms with van der Waals surface area (Å²) in [6.45, 7) is 0.160. The largest absolute Gasteiger partial charge is 0.457 e. The highest BCUT2D eigenvalue weighted by atomic mass is 19.1. The first-order valence-electron chi connectivity index (χ1n) is 4.11. The number of cyclic esters (lactones) is 1. The predicted octanol–water partition coefficient (Wildman–Crippen LogP) is 1.57. The smallest absolute Gasteiger partial charge is 0.338 e. The number of aldehydes is 1. The van der Waals surface area contributed by atoms with Gasteiger partial charge in [-0.15, -0.1) is 0 Å². The van der Waals surface area contributed by atoms with Gasteiger partial charge >= 0.3 is 5.97 Å². The maximum absolute atomic E-state index is 12.9. The molecule has 0 bridgehead atoms. The van der Waals surface area contributed by atoms with E-state index in [1.165, 1.54) is 18.2 Å².